The lowest BCUT2D eigenvalue weighted by Crippen LogP contribution is -2.22. The maximum Gasteiger partial charge on any atom is 0.125 e. The molecule has 1 aromatic carbocycles. The van der Waals surface area contributed by atoms with E-state index in [9.17, 15) is 0 Å². The van der Waals surface area contributed by atoms with Crippen LogP contribution in [0, 0.1) is 6.92 Å². The van der Waals surface area contributed by atoms with E-state index in [0.717, 1.165) is 30.7 Å². The second-order valence-corrected chi connectivity index (χ2v) is 5.05. The Labute approximate surface area is 120 Å². The highest BCUT2D eigenvalue weighted by atomic mass is 16.5. The summed E-state index contributed by atoms with van der Waals surface area (Å²) in [5.74, 6) is 0.976. The molecule has 0 spiro atoms. The van der Waals surface area contributed by atoms with Crippen LogP contribution < -0.4 is 10.5 Å². The number of nitrogens with zero attached hydrogens (tertiary/aromatic N) is 2. The van der Waals surface area contributed by atoms with Crippen molar-refractivity contribution >= 4 is 0 Å². The summed E-state index contributed by atoms with van der Waals surface area (Å²) in [7, 11) is 0. The largest absolute Gasteiger partial charge is 0.491 e. The summed E-state index contributed by atoms with van der Waals surface area (Å²) in [5.41, 5.74) is 8.41. The van der Waals surface area contributed by atoms with Crippen molar-refractivity contribution in [2.75, 3.05) is 6.61 Å². The van der Waals surface area contributed by atoms with Gasteiger partial charge in [0.15, 0.2) is 0 Å². The Bertz CT molecular complexity index is 523. The number of benzene rings is 1. The van der Waals surface area contributed by atoms with E-state index in [2.05, 4.69) is 37.1 Å². The first kappa shape index (κ1) is 14.6. The van der Waals surface area contributed by atoms with E-state index in [1.54, 1.807) is 6.20 Å². The predicted molar refractivity (Wildman–Crippen MR) is 80.9 cm³/mol. The molecule has 2 rings (SSSR count). The van der Waals surface area contributed by atoms with Gasteiger partial charge in [0, 0.05) is 18.4 Å². The molecule has 0 radical (unpaired) electrons. The van der Waals surface area contributed by atoms with Gasteiger partial charge in [-0.25, -0.2) is 0 Å². The Morgan fingerprint density at radius 2 is 2.20 bits per heavy atom. The molecule has 0 aliphatic rings. The second-order valence-electron chi connectivity index (χ2n) is 5.05. The molecular weight excluding hydrogens is 250 g/mol. The van der Waals surface area contributed by atoms with Crippen molar-refractivity contribution in [1.29, 1.82) is 0 Å². The summed E-state index contributed by atoms with van der Waals surface area (Å²) in [6, 6.07) is 8.34. The normalized spacial score (nSPS) is 12.3. The lowest BCUT2D eigenvalue weighted by Gasteiger charge is -2.16. The molecule has 2 N–H and O–H groups in total. The first-order valence-electron chi connectivity index (χ1n) is 7.15. The molecule has 4 heteroatoms. The maximum absolute atomic E-state index is 6.06. The molecule has 1 unspecified atom stereocenters. The van der Waals surface area contributed by atoms with Gasteiger partial charge in [-0.3, -0.25) is 4.68 Å². The van der Waals surface area contributed by atoms with Gasteiger partial charge in [0.05, 0.1) is 6.54 Å². The van der Waals surface area contributed by atoms with Crippen LogP contribution in [0.4, 0.5) is 0 Å². The molecule has 0 bridgehead atoms. The highest BCUT2D eigenvalue weighted by molar-refractivity contribution is 5.41. The molecular formula is C16H23N3O. The van der Waals surface area contributed by atoms with Gasteiger partial charge >= 0.3 is 0 Å². The summed E-state index contributed by atoms with van der Waals surface area (Å²) in [5, 5.41) is 4.17. The molecule has 108 valence electrons. The van der Waals surface area contributed by atoms with E-state index in [0.29, 0.717) is 6.61 Å². The molecule has 4 nitrogen and oxygen atoms in total. The number of para-hydroxylation sites is 1. The zero-order valence-electron chi connectivity index (χ0n) is 12.2. The highest BCUT2D eigenvalue weighted by Gasteiger charge is 2.10. The van der Waals surface area contributed by atoms with E-state index < -0.39 is 0 Å². The fraction of sp³-hybridized carbons (Fsp3) is 0.438. The fourth-order valence-electron chi connectivity index (χ4n) is 2.18. The highest BCUT2D eigenvalue weighted by Crippen LogP contribution is 2.24. The Morgan fingerprint density at radius 3 is 2.90 bits per heavy atom. The molecule has 0 saturated heterocycles. The van der Waals surface area contributed by atoms with Crippen molar-refractivity contribution in [2.45, 2.75) is 39.3 Å². The third-order valence-corrected chi connectivity index (χ3v) is 3.43. The SMILES string of the molecule is CCC(N)Cc1cccc(C)c1OCCn1cccn1. The van der Waals surface area contributed by atoms with Crippen molar-refractivity contribution in [1.82, 2.24) is 9.78 Å². The Kier molecular flexibility index (Phi) is 5.18. The molecule has 1 aromatic heterocycles. The van der Waals surface area contributed by atoms with Crippen molar-refractivity contribution < 1.29 is 4.74 Å². The topological polar surface area (TPSA) is 53.1 Å². The van der Waals surface area contributed by atoms with E-state index in [1.807, 2.05) is 16.9 Å². The van der Waals surface area contributed by atoms with Crippen LogP contribution in [0.15, 0.2) is 36.7 Å². The predicted octanol–water partition coefficient (Wildman–Crippen LogP) is 2.55. The van der Waals surface area contributed by atoms with E-state index in [1.165, 1.54) is 5.56 Å². The van der Waals surface area contributed by atoms with Gasteiger partial charge in [0.2, 0.25) is 0 Å². The molecule has 0 aliphatic carbocycles. The molecule has 1 heterocycles. The second kappa shape index (κ2) is 7.10. The third-order valence-electron chi connectivity index (χ3n) is 3.43. The van der Waals surface area contributed by atoms with Crippen LogP contribution in [-0.4, -0.2) is 22.4 Å². The molecule has 20 heavy (non-hydrogen) atoms. The summed E-state index contributed by atoms with van der Waals surface area (Å²) < 4.78 is 7.84. The first-order valence-corrected chi connectivity index (χ1v) is 7.15. The third kappa shape index (κ3) is 3.84. The van der Waals surface area contributed by atoms with Crippen LogP contribution in [0.25, 0.3) is 0 Å². The zero-order valence-corrected chi connectivity index (χ0v) is 12.2. The number of aryl methyl sites for hydroxylation is 1. The van der Waals surface area contributed by atoms with Crippen molar-refractivity contribution in [2.24, 2.45) is 5.73 Å². The van der Waals surface area contributed by atoms with Crippen LogP contribution in [0.5, 0.6) is 5.75 Å². The van der Waals surface area contributed by atoms with Crippen LogP contribution in [0.2, 0.25) is 0 Å². The number of hydrogen-bond acceptors (Lipinski definition) is 3. The Morgan fingerprint density at radius 1 is 1.35 bits per heavy atom. The summed E-state index contributed by atoms with van der Waals surface area (Å²) >= 11 is 0. The minimum atomic E-state index is 0.185. The maximum atomic E-state index is 6.06. The number of rotatable bonds is 7. The minimum absolute atomic E-state index is 0.185. The number of nitrogens with two attached hydrogens (primary N) is 1. The molecule has 2 aromatic rings. The van der Waals surface area contributed by atoms with E-state index in [4.69, 9.17) is 10.5 Å². The average molecular weight is 273 g/mol. The van der Waals surface area contributed by atoms with Crippen molar-refractivity contribution in [3.05, 3.63) is 47.8 Å². The lowest BCUT2D eigenvalue weighted by atomic mass is 10.0. The fourth-order valence-corrected chi connectivity index (χ4v) is 2.18. The molecule has 0 saturated carbocycles. The van der Waals surface area contributed by atoms with Crippen LogP contribution in [0.1, 0.15) is 24.5 Å². The summed E-state index contributed by atoms with van der Waals surface area (Å²) in [6.07, 6.45) is 5.55. The number of aromatic nitrogens is 2. The standard InChI is InChI=1S/C16H23N3O/c1-3-15(17)12-14-7-4-6-13(2)16(14)20-11-10-19-9-5-8-18-19/h4-9,15H,3,10-12,17H2,1-2H3. The quantitative estimate of drug-likeness (QED) is 0.843. The Hall–Kier alpha value is -1.81. The van der Waals surface area contributed by atoms with Crippen molar-refractivity contribution in [3.63, 3.8) is 0 Å². The molecule has 0 aliphatic heterocycles. The zero-order chi connectivity index (χ0) is 14.4. The van der Waals surface area contributed by atoms with E-state index >= 15 is 0 Å². The van der Waals surface area contributed by atoms with Gasteiger partial charge in [0.1, 0.15) is 12.4 Å². The van der Waals surface area contributed by atoms with Gasteiger partial charge in [-0.1, -0.05) is 25.1 Å². The van der Waals surface area contributed by atoms with Gasteiger partial charge in [-0.15, -0.1) is 0 Å². The van der Waals surface area contributed by atoms with Gasteiger partial charge < -0.3 is 10.5 Å². The summed E-state index contributed by atoms with van der Waals surface area (Å²) in [4.78, 5) is 0. The molecule has 0 fully saturated rings. The van der Waals surface area contributed by atoms with Crippen LogP contribution >= 0.6 is 0 Å². The number of ether oxygens (including phenoxy) is 1. The van der Waals surface area contributed by atoms with Crippen LogP contribution in [0.3, 0.4) is 0 Å². The monoisotopic (exact) mass is 273 g/mol. The van der Waals surface area contributed by atoms with Gasteiger partial charge in [-0.2, -0.15) is 5.10 Å². The Balaban J connectivity index is 2.01. The summed E-state index contributed by atoms with van der Waals surface area (Å²) in [6.45, 7) is 5.55. The van der Waals surface area contributed by atoms with E-state index in [-0.39, 0.29) is 6.04 Å². The molecule has 1 atom stereocenters. The van der Waals surface area contributed by atoms with Gasteiger partial charge in [-0.05, 0) is 37.0 Å². The smallest absolute Gasteiger partial charge is 0.125 e. The van der Waals surface area contributed by atoms with Gasteiger partial charge in [0.25, 0.3) is 0 Å². The first-order chi connectivity index (χ1) is 9.70. The lowest BCUT2D eigenvalue weighted by molar-refractivity contribution is 0.286. The molecule has 0 amide bonds. The average Bonchev–Trinajstić information content (AvgIpc) is 2.95. The minimum Gasteiger partial charge on any atom is -0.491 e. The number of hydrogen-bond donors (Lipinski definition) is 1. The van der Waals surface area contributed by atoms with Crippen LogP contribution in [-0.2, 0) is 13.0 Å². The van der Waals surface area contributed by atoms with Crippen molar-refractivity contribution in [3.8, 4) is 5.75 Å².